The maximum absolute atomic E-state index is 11.7. The Hall–Kier alpha value is -0.910. The van der Waals surface area contributed by atoms with Crippen LogP contribution in [0.3, 0.4) is 0 Å². The van der Waals surface area contributed by atoms with E-state index in [2.05, 4.69) is 0 Å². The SMILES string of the molecule is CC(O)c1ccc(S(=O)(=O)N(C)C)cc1. The highest BCUT2D eigenvalue weighted by Crippen LogP contribution is 2.17. The average Bonchev–Trinajstić information content (AvgIpc) is 2.17. The van der Waals surface area contributed by atoms with Crippen molar-refractivity contribution in [2.45, 2.75) is 17.9 Å². The topological polar surface area (TPSA) is 57.6 Å². The smallest absolute Gasteiger partial charge is 0.242 e. The Morgan fingerprint density at radius 1 is 1.20 bits per heavy atom. The summed E-state index contributed by atoms with van der Waals surface area (Å²) in [5, 5.41) is 9.27. The van der Waals surface area contributed by atoms with Crippen LogP contribution >= 0.6 is 0 Å². The van der Waals surface area contributed by atoms with Crippen molar-refractivity contribution in [3.63, 3.8) is 0 Å². The summed E-state index contributed by atoms with van der Waals surface area (Å²) < 4.78 is 24.5. The molecule has 0 radical (unpaired) electrons. The summed E-state index contributed by atoms with van der Waals surface area (Å²) in [6.45, 7) is 1.63. The molecule has 1 aromatic carbocycles. The van der Waals surface area contributed by atoms with Crippen molar-refractivity contribution in [3.8, 4) is 0 Å². The second-order valence-electron chi connectivity index (χ2n) is 3.53. The van der Waals surface area contributed by atoms with Crippen molar-refractivity contribution in [2.75, 3.05) is 14.1 Å². The van der Waals surface area contributed by atoms with Crippen molar-refractivity contribution in [1.29, 1.82) is 0 Å². The first-order chi connectivity index (χ1) is 6.85. The highest BCUT2D eigenvalue weighted by atomic mass is 32.2. The van der Waals surface area contributed by atoms with E-state index in [4.69, 9.17) is 0 Å². The van der Waals surface area contributed by atoms with E-state index < -0.39 is 16.1 Å². The van der Waals surface area contributed by atoms with Crippen molar-refractivity contribution in [1.82, 2.24) is 4.31 Å². The zero-order valence-electron chi connectivity index (χ0n) is 9.01. The number of benzene rings is 1. The van der Waals surface area contributed by atoms with Gasteiger partial charge in [0.2, 0.25) is 10.0 Å². The van der Waals surface area contributed by atoms with Crippen molar-refractivity contribution in [2.24, 2.45) is 0 Å². The second kappa shape index (κ2) is 4.30. The lowest BCUT2D eigenvalue weighted by Gasteiger charge is -2.12. The van der Waals surface area contributed by atoms with Crippen LogP contribution < -0.4 is 0 Å². The third-order valence-electron chi connectivity index (χ3n) is 2.14. The highest BCUT2D eigenvalue weighted by Gasteiger charge is 2.16. The van der Waals surface area contributed by atoms with E-state index >= 15 is 0 Å². The van der Waals surface area contributed by atoms with E-state index in [1.165, 1.54) is 26.2 Å². The molecule has 0 aliphatic carbocycles. The van der Waals surface area contributed by atoms with Gasteiger partial charge in [-0.05, 0) is 24.6 Å². The molecule has 0 saturated carbocycles. The highest BCUT2D eigenvalue weighted by molar-refractivity contribution is 7.89. The van der Waals surface area contributed by atoms with Crippen LogP contribution in [0.25, 0.3) is 0 Å². The van der Waals surface area contributed by atoms with Crippen LogP contribution in [0.4, 0.5) is 0 Å². The second-order valence-corrected chi connectivity index (χ2v) is 5.68. The molecule has 1 unspecified atom stereocenters. The van der Waals surface area contributed by atoms with Crippen molar-refractivity contribution in [3.05, 3.63) is 29.8 Å². The number of sulfonamides is 1. The van der Waals surface area contributed by atoms with Gasteiger partial charge in [-0.15, -0.1) is 0 Å². The Kier molecular flexibility index (Phi) is 3.49. The third-order valence-corrected chi connectivity index (χ3v) is 3.97. The van der Waals surface area contributed by atoms with Crippen LogP contribution in [0, 0.1) is 0 Å². The van der Waals surface area contributed by atoms with Gasteiger partial charge >= 0.3 is 0 Å². The van der Waals surface area contributed by atoms with E-state index in [0.717, 1.165) is 4.31 Å². The Morgan fingerprint density at radius 2 is 1.67 bits per heavy atom. The van der Waals surface area contributed by atoms with Crippen LogP contribution in [0.5, 0.6) is 0 Å². The van der Waals surface area contributed by atoms with E-state index in [-0.39, 0.29) is 4.90 Å². The minimum absolute atomic E-state index is 0.233. The van der Waals surface area contributed by atoms with Crippen LogP contribution in [0.15, 0.2) is 29.2 Å². The predicted octanol–water partition coefficient (Wildman–Crippen LogP) is 0.990. The van der Waals surface area contributed by atoms with Gasteiger partial charge in [0.05, 0.1) is 11.0 Å². The van der Waals surface area contributed by atoms with Gasteiger partial charge in [0.15, 0.2) is 0 Å². The first kappa shape index (κ1) is 12.2. The number of hydrogen-bond acceptors (Lipinski definition) is 3. The largest absolute Gasteiger partial charge is 0.389 e. The third kappa shape index (κ3) is 2.56. The molecule has 15 heavy (non-hydrogen) atoms. The van der Waals surface area contributed by atoms with E-state index in [9.17, 15) is 13.5 Å². The summed E-state index contributed by atoms with van der Waals surface area (Å²) in [5.41, 5.74) is 0.702. The molecular formula is C10H15NO3S. The normalized spacial score (nSPS) is 14.2. The molecule has 84 valence electrons. The summed E-state index contributed by atoms with van der Waals surface area (Å²) in [6, 6.07) is 6.22. The Labute approximate surface area is 90.2 Å². The maximum Gasteiger partial charge on any atom is 0.242 e. The molecule has 0 fully saturated rings. The fraction of sp³-hybridized carbons (Fsp3) is 0.400. The minimum atomic E-state index is -3.37. The van der Waals surface area contributed by atoms with Gasteiger partial charge in [-0.3, -0.25) is 0 Å². The summed E-state index contributed by atoms with van der Waals surface area (Å²) in [4.78, 5) is 0.233. The fourth-order valence-electron chi connectivity index (χ4n) is 1.13. The Morgan fingerprint density at radius 3 is 2.00 bits per heavy atom. The van der Waals surface area contributed by atoms with E-state index in [1.54, 1.807) is 19.1 Å². The molecule has 1 rings (SSSR count). The van der Waals surface area contributed by atoms with Gasteiger partial charge in [-0.2, -0.15) is 0 Å². The summed E-state index contributed by atoms with van der Waals surface area (Å²) in [5.74, 6) is 0. The van der Waals surface area contributed by atoms with Crippen LogP contribution in [0.1, 0.15) is 18.6 Å². The predicted molar refractivity (Wildman–Crippen MR) is 57.9 cm³/mol. The zero-order chi connectivity index (χ0) is 11.6. The molecule has 0 aliphatic rings. The molecule has 0 spiro atoms. The summed E-state index contributed by atoms with van der Waals surface area (Å²) in [7, 11) is -0.400. The molecule has 0 amide bonds. The zero-order valence-corrected chi connectivity index (χ0v) is 9.82. The minimum Gasteiger partial charge on any atom is -0.389 e. The molecule has 4 nitrogen and oxygen atoms in total. The van der Waals surface area contributed by atoms with Crippen LogP contribution in [-0.2, 0) is 10.0 Å². The quantitative estimate of drug-likeness (QED) is 0.841. The summed E-state index contributed by atoms with van der Waals surface area (Å²) >= 11 is 0. The van der Waals surface area contributed by atoms with Crippen LogP contribution in [-0.4, -0.2) is 31.9 Å². The molecular weight excluding hydrogens is 214 g/mol. The lowest BCUT2D eigenvalue weighted by molar-refractivity contribution is 0.199. The Bertz CT molecular complexity index is 420. The molecule has 0 bridgehead atoms. The average molecular weight is 229 g/mol. The number of nitrogens with zero attached hydrogens (tertiary/aromatic N) is 1. The molecule has 0 aliphatic heterocycles. The van der Waals surface area contributed by atoms with Gasteiger partial charge < -0.3 is 5.11 Å². The number of aliphatic hydroxyl groups excluding tert-OH is 1. The Balaban J connectivity index is 3.10. The molecule has 0 aromatic heterocycles. The van der Waals surface area contributed by atoms with Gasteiger partial charge in [0, 0.05) is 14.1 Å². The molecule has 1 N–H and O–H groups in total. The molecule has 0 heterocycles. The van der Waals surface area contributed by atoms with Crippen molar-refractivity contribution >= 4 is 10.0 Å². The molecule has 1 aromatic rings. The number of hydrogen-bond donors (Lipinski definition) is 1. The molecule has 0 saturated heterocycles. The van der Waals surface area contributed by atoms with Crippen molar-refractivity contribution < 1.29 is 13.5 Å². The lowest BCUT2D eigenvalue weighted by atomic mass is 10.1. The monoisotopic (exact) mass is 229 g/mol. The van der Waals surface area contributed by atoms with Gasteiger partial charge in [0.25, 0.3) is 0 Å². The number of aliphatic hydroxyl groups is 1. The van der Waals surface area contributed by atoms with Gasteiger partial charge in [-0.25, -0.2) is 12.7 Å². The van der Waals surface area contributed by atoms with Gasteiger partial charge in [0.1, 0.15) is 0 Å². The van der Waals surface area contributed by atoms with E-state index in [0.29, 0.717) is 5.56 Å². The first-order valence-corrected chi connectivity index (χ1v) is 6.00. The molecule has 5 heteroatoms. The first-order valence-electron chi connectivity index (χ1n) is 4.56. The number of rotatable bonds is 3. The van der Waals surface area contributed by atoms with Gasteiger partial charge in [-0.1, -0.05) is 12.1 Å². The fourth-order valence-corrected chi connectivity index (χ4v) is 2.03. The standard InChI is InChI=1S/C10H15NO3S/c1-8(12)9-4-6-10(7-5-9)15(13,14)11(2)3/h4-8,12H,1-3H3. The maximum atomic E-state index is 11.7. The molecule has 1 atom stereocenters. The van der Waals surface area contributed by atoms with E-state index in [1.807, 2.05) is 0 Å². The lowest BCUT2D eigenvalue weighted by Crippen LogP contribution is -2.22. The summed E-state index contributed by atoms with van der Waals surface area (Å²) in [6.07, 6.45) is -0.582. The van der Waals surface area contributed by atoms with Crippen LogP contribution in [0.2, 0.25) is 0 Å².